The molecule has 0 atom stereocenters. The summed E-state index contributed by atoms with van der Waals surface area (Å²) in [6.45, 7) is 0. The molecular weight excluding hydrogens is 458 g/mol. The van der Waals surface area contributed by atoms with Gasteiger partial charge >= 0.3 is 0 Å². The highest BCUT2D eigenvalue weighted by Gasteiger charge is 2.34. The molecule has 1 aliphatic carbocycles. The molecular formula is C31H25N5O. The zero-order valence-corrected chi connectivity index (χ0v) is 20.2. The first-order valence-electron chi connectivity index (χ1n) is 12.5. The smallest absolute Gasteiger partial charge is 0.169 e. The van der Waals surface area contributed by atoms with Gasteiger partial charge in [0.1, 0.15) is 5.75 Å². The minimum absolute atomic E-state index is 0.185. The van der Waals surface area contributed by atoms with Crippen LogP contribution in [0.2, 0.25) is 0 Å². The molecule has 37 heavy (non-hydrogen) atoms. The molecule has 0 unspecified atom stereocenters. The fourth-order valence-corrected chi connectivity index (χ4v) is 5.31. The van der Waals surface area contributed by atoms with Crippen LogP contribution in [-0.2, 0) is 5.54 Å². The van der Waals surface area contributed by atoms with Crippen LogP contribution in [0.4, 0.5) is 0 Å². The van der Waals surface area contributed by atoms with Crippen LogP contribution >= 0.6 is 0 Å². The van der Waals surface area contributed by atoms with Gasteiger partial charge in [-0.3, -0.25) is 4.40 Å². The van der Waals surface area contributed by atoms with Gasteiger partial charge in [-0.2, -0.15) is 0 Å². The number of hydrogen-bond acceptors (Lipinski definition) is 5. The zero-order chi connectivity index (χ0) is 25.0. The van der Waals surface area contributed by atoms with E-state index in [4.69, 9.17) is 10.7 Å². The van der Waals surface area contributed by atoms with Gasteiger partial charge in [0.15, 0.2) is 11.5 Å². The quantitative estimate of drug-likeness (QED) is 0.306. The highest BCUT2D eigenvalue weighted by atomic mass is 16.3. The van der Waals surface area contributed by atoms with Crippen LogP contribution in [0.25, 0.3) is 50.5 Å². The Labute approximate surface area is 214 Å². The Bertz CT molecular complexity index is 1770. The average molecular weight is 484 g/mol. The Kier molecular flexibility index (Phi) is 4.84. The number of aromatic nitrogens is 4. The molecule has 6 nitrogen and oxygen atoms in total. The lowest BCUT2D eigenvalue weighted by Gasteiger charge is -2.38. The second-order valence-electron chi connectivity index (χ2n) is 9.84. The first kappa shape index (κ1) is 21.7. The van der Waals surface area contributed by atoms with E-state index < -0.39 is 0 Å². The Morgan fingerprint density at radius 2 is 1.54 bits per heavy atom. The third-order valence-corrected chi connectivity index (χ3v) is 7.52. The molecule has 0 amide bonds. The normalized spacial score (nSPS) is 14.6. The number of pyridine rings is 2. The van der Waals surface area contributed by atoms with E-state index in [1.165, 1.54) is 12.0 Å². The first-order valence-corrected chi connectivity index (χ1v) is 12.5. The van der Waals surface area contributed by atoms with E-state index >= 15 is 0 Å². The second kappa shape index (κ2) is 8.25. The second-order valence-corrected chi connectivity index (χ2v) is 9.84. The molecule has 180 valence electrons. The van der Waals surface area contributed by atoms with E-state index in [2.05, 4.69) is 52.7 Å². The van der Waals surface area contributed by atoms with E-state index in [9.17, 15) is 5.11 Å². The molecule has 7 rings (SSSR count). The van der Waals surface area contributed by atoms with Crippen LogP contribution in [0.5, 0.6) is 5.75 Å². The van der Waals surface area contributed by atoms with Crippen LogP contribution in [0, 0.1) is 0 Å². The number of nitrogens with zero attached hydrogens (tertiary/aromatic N) is 4. The molecule has 0 radical (unpaired) electrons. The minimum atomic E-state index is -0.195. The number of rotatable bonds is 4. The topological polar surface area (TPSA) is 89.3 Å². The van der Waals surface area contributed by atoms with Crippen molar-refractivity contribution in [2.45, 2.75) is 24.8 Å². The third-order valence-electron chi connectivity index (χ3n) is 7.52. The molecule has 6 aromatic rings. The van der Waals surface area contributed by atoms with E-state index in [0.29, 0.717) is 5.82 Å². The Morgan fingerprint density at radius 3 is 2.27 bits per heavy atom. The molecule has 6 heteroatoms. The summed E-state index contributed by atoms with van der Waals surface area (Å²) < 4.78 is 2.01. The maximum Gasteiger partial charge on any atom is 0.169 e. The zero-order valence-electron chi connectivity index (χ0n) is 20.2. The first-order chi connectivity index (χ1) is 18.1. The Balaban J connectivity index is 1.47. The van der Waals surface area contributed by atoms with Crippen molar-refractivity contribution in [1.29, 1.82) is 0 Å². The number of aromatic hydroxyl groups is 1. The maximum atomic E-state index is 10.1. The number of fused-ring (bicyclic) bond motifs is 3. The van der Waals surface area contributed by atoms with Crippen molar-refractivity contribution in [3.8, 4) is 39.5 Å². The molecule has 0 aliphatic heterocycles. The van der Waals surface area contributed by atoms with Crippen molar-refractivity contribution in [1.82, 2.24) is 19.6 Å². The fraction of sp³-hybridized carbons (Fsp3) is 0.129. The number of hydrogen-bond donors (Lipinski definition) is 2. The van der Waals surface area contributed by atoms with Gasteiger partial charge in [-0.25, -0.2) is 4.98 Å². The van der Waals surface area contributed by atoms with E-state index in [0.717, 1.165) is 57.5 Å². The number of benzene rings is 3. The van der Waals surface area contributed by atoms with Crippen molar-refractivity contribution < 1.29 is 5.11 Å². The van der Waals surface area contributed by atoms with E-state index in [1.807, 2.05) is 40.8 Å². The fourth-order valence-electron chi connectivity index (χ4n) is 5.31. The lowest BCUT2D eigenvalue weighted by Crippen LogP contribution is -2.43. The maximum absolute atomic E-state index is 10.1. The van der Waals surface area contributed by atoms with Gasteiger partial charge < -0.3 is 10.8 Å². The molecule has 3 N–H and O–H groups in total. The molecule has 3 aromatic heterocycles. The summed E-state index contributed by atoms with van der Waals surface area (Å²) in [5.41, 5.74) is 14.9. The van der Waals surface area contributed by atoms with Crippen LogP contribution < -0.4 is 5.73 Å². The summed E-state index contributed by atoms with van der Waals surface area (Å²) >= 11 is 0. The third kappa shape index (κ3) is 3.57. The monoisotopic (exact) mass is 483 g/mol. The lowest BCUT2D eigenvalue weighted by molar-refractivity contribution is 0.253. The molecule has 1 fully saturated rings. The Morgan fingerprint density at radius 1 is 0.757 bits per heavy atom. The summed E-state index contributed by atoms with van der Waals surface area (Å²) in [4.78, 5) is 5.17. The van der Waals surface area contributed by atoms with E-state index in [1.54, 1.807) is 18.2 Å². The van der Waals surface area contributed by atoms with Gasteiger partial charge in [0.25, 0.3) is 0 Å². The van der Waals surface area contributed by atoms with E-state index in [-0.39, 0.29) is 11.3 Å². The molecule has 1 aliphatic rings. The summed E-state index contributed by atoms with van der Waals surface area (Å²) in [5, 5.41) is 18.9. The number of phenolic OH excluding ortho intramolecular Hbond substituents is 1. The highest BCUT2D eigenvalue weighted by Crippen LogP contribution is 2.40. The molecule has 3 aromatic carbocycles. The standard InChI is InChI=1S/C31H25N5O/c32-31(16-5-17-31)23-12-10-21(11-13-23)29-25(20-6-2-1-3-7-20)19-27-26(33-29)14-15-28-34-35-30(36(27)28)22-8-4-9-24(37)18-22/h1-4,6-15,18-19,37H,5,16-17,32H2. The minimum Gasteiger partial charge on any atom is -0.508 e. The van der Waals surface area contributed by atoms with Crippen molar-refractivity contribution >= 4 is 16.7 Å². The predicted octanol–water partition coefficient (Wildman–Crippen LogP) is 6.32. The number of nitrogens with two attached hydrogens (primary N) is 1. The SMILES string of the molecule is NC1(c2ccc(-c3nc4ccc5nnc(-c6cccc(O)c6)n5c4cc3-c3ccccc3)cc2)CCC1. The highest BCUT2D eigenvalue weighted by molar-refractivity contribution is 5.92. The van der Waals surface area contributed by atoms with Gasteiger partial charge in [0.05, 0.1) is 16.7 Å². The summed E-state index contributed by atoms with van der Waals surface area (Å²) in [5.74, 6) is 0.840. The van der Waals surface area contributed by atoms with Crippen LogP contribution in [0.1, 0.15) is 24.8 Å². The molecule has 0 saturated heterocycles. The van der Waals surface area contributed by atoms with Crippen molar-refractivity contribution in [3.05, 3.63) is 103 Å². The number of phenols is 1. The summed E-state index contributed by atoms with van der Waals surface area (Å²) in [6, 6.07) is 32.0. The van der Waals surface area contributed by atoms with Gasteiger partial charge in [-0.1, -0.05) is 66.7 Å². The van der Waals surface area contributed by atoms with Crippen molar-refractivity contribution in [3.63, 3.8) is 0 Å². The van der Waals surface area contributed by atoms with Gasteiger partial charge in [0.2, 0.25) is 0 Å². The molecule has 1 saturated carbocycles. The summed E-state index contributed by atoms with van der Waals surface area (Å²) in [7, 11) is 0. The summed E-state index contributed by atoms with van der Waals surface area (Å²) in [6.07, 6.45) is 3.25. The lowest BCUT2D eigenvalue weighted by atomic mass is 9.72. The van der Waals surface area contributed by atoms with Gasteiger partial charge in [-0.15, -0.1) is 10.2 Å². The van der Waals surface area contributed by atoms with Crippen LogP contribution in [0.15, 0.2) is 97.1 Å². The van der Waals surface area contributed by atoms with Gasteiger partial charge in [0, 0.05) is 22.2 Å². The Hall–Kier alpha value is -4.55. The van der Waals surface area contributed by atoms with Crippen LogP contribution in [0.3, 0.4) is 0 Å². The van der Waals surface area contributed by atoms with Crippen molar-refractivity contribution in [2.24, 2.45) is 5.73 Å². The predicted molar refractivity (Wildman–Crippen MR) is 146 cm³/mol. The largest absolute Gasteiger partial charge is 0.508 e. The van der Waals surface area contributed by atoms with Gasteiger partial charge in [-0.05, 0) is 60.7 Å². The van der Waals surface area contributed by atoms with Crippen LogP contribution in [-0.4, -0.2) is 24.7 Å². The molecule has 0 bridgehead atoms. The molecule has 0 spiro atoms. The van der Waals surface area contributed by atoms with Crippen molar-refractivity contribution in [2.75, 3.05) is 0 Å². The molecule has 3 heterocycles. The average Bonchev–Trinajstić information content (AvgIpc) is 3.36.